The minimum absolute atomic E-state index is 0.408. The van der Waals surface area contributed by atoms with Crippen molar-refractivity contribution in [3.05, 3.63) is 41.9 Å². The molecular weight excluding hydrogens is 228 g/mol. The number of ether oxygens (including phenoxy) is 1. The van der Waals surface area contributed by atoms with E-state index in [-0.39, 0.29) is 0 Å². The summed E-state index contributed by atoms with van der Waals surface area (Å²) in [5.74, 6) is 0.924. The van der Waals surface area contributed by atoms with Crippen LogP contribution in [-0.2, 0) is 6.42 Å². The van der Waals surface area contributed by atoms with Gasteiger partial charge in [0.15, 0.2) is 5.75 Å². The Hall–Kier alpha value is -2.61. The number of hydrogen-bond donors (Lipinski definition) is 1. The third kappa shape index (κ3) is 2.55. The summed E-state index contributed by atoms with van der Waals surface area (Å²) in [6, 6.07) is 8.65. The molecular formula is C13H12N4O. The first-order valence-electron chi connectivity index (χ1n) is 5.51. The van der Waals surface area contributed by atoms with Crippen LogP contribution in [0.15, 0.2) is 30.6 Å². The molecule has 2 N–H and O–H groups in total. The van der Waals surface area contributed by atoms with Crippen LogP contribution in [-0.4, -0.2) is 9.97 Å². The van der Waals surface area contributed by atoms with Crippen molar-refractivity contribution in [2.24, 2.45) is 0 Å². The zero-order valence-corrected chi connectivity index (χ0v) is 9.92. The van der Waals surface area contributed by atoms with Gasteiger partial charge in [0.1, 0.15) is 6.33 Å². The first-order chi connectivity index (χ1) is 8.72. The summed E-state index contributed by atoms with van der Waals surface area (Å²) in [6.45, 7) is 2.00. The molecule has 90 valence electrons. The van der Waals surface area contributed by atoms with Gasteiger partial charge in [0.2, 0.25) is 5.88 Å². The van der Waals surface area contributed by atoms with Crippen molar-refractivity contribution < 1.29 is 4.74 Å². The van der Waals surface area contributed by atoms with Crippen molar-refractivity contribution in [3.63, 3.8) is 0 Å². The SMILES string of the molecule is CCc1cc(Oc2ccc(C#N)cc2N)ncn1. The summed E-state index contributed by atoms with van der Waals surface area (Å²) in [7, 11) is 0. The molecule has 2 aromatic rings. The van der Waals surface area contributed by atoms with Gasteiger partial charge in [-0.05, 0) is 24.6 Å². The van der Waals surface area contributed by atoms with Gasteiger partial charge in [0.25, 0.3) is 0 Å². The van der Waals surface area contributed by atoms with Crippen molar-refractivity contribution in [1.29, 1.82) is 5.26 Å². The smallest absolute Gasteiger partial charge is 0.222 e. The molecule has 0 aliphatic rings. The van der Waals surface area contributed by atoms with Crippen molar-refractivity contribution in [1.82, 2.24) is 9.97 Å². The lowest BCUT2D eigenvalue weighted by Gasteiger charge is -2.08. The van der Waals surface area contributed by atoms with E-state index in [2.05, 4.69) is 9.97 Å². The third-order valence-electron chi connectivity index (χ3n) is 2.41. The average molecular weight is 240 g/mol. The van der Waals surface area contributed by atoms with E-state index in [1.54, 1.807) is 24.3 Å². The number of rotatable bonds is 3. The summed E-state index contributed by atoms with van der Waals surface area (Å²) in [4.78, 5) is 8.10. The lowest BCUT2D eigenvalue weighted by atomic mass is 10.2. The molecule has 0 spiro atoms. The fourth-order valence-electron chi connectivity index (χ4n) is 1.45. The predicted molar refractivity (Wildman–Crippen MR) is 67.1 cm³/mol. The maximum absolute atomic E-state index is 8.74. The van der Waals surface area contributed by atoms with Crippen molar-refractivity contribution in [3.8, 4) is 17.7 Å². The third-order valence-corrected chi connectivity index (χ3v) is 2.41. The maximum Gasteiger partial charge on any atom is 0.222 e. The van der Waals surface area contributed by atoms with Crippen LogP contribution in [0.1, 0.15) is 18.2 Å². The summed E-state index contributed by atoms with van der Waals surface area (Å²) < 4.78 is 5.57. The van der Waals surface area contributed by atoms with E-state index in [9.17, 15) is 0 Å². The minimum atomic E-state index is 0.408. The van der Waals surface area contributed by atoms with Gasteiger partial charge >= 0.3 is 0 Å². The lowest BCUT2D eigenvalue weighted by Crippen LogP contribution is -1.96. The standard InChI is InChI=1S/C13H12N4O/c1-2-10-6-13(17-8-16-10)18-12-4-3-9(7-14)5-11(12)15/h3-6,8H,2,15H2,1H3. The van der Waals surface area contributed by atoms with Gasteiger partial charge < -0.3 is 10.5 Å². The molecule has 0 radical (unpaired) electrons. The molecule has 1 aromatic carbocycles. The number of nitrogen functional groups attached to an aromatic ring is 1. The fraction of sp³-hybridized carbons (Fsp3) is 0.154. The minimum Gasteiger partial charge on any atom is -0.437 e. The normalized spacial score (nSPS) is 9.78. The van der Waals surface area contributed by atoms with Crippen molar-refractivity contribution >= 4 is 5.69 Å². The molecule has 0 atom stereocenters. The van der Waals surface area contributed by atoms with E-state index in [1.807, 2.05) is 13.0 Å². The fourth-order valence-corrected chi connectivity index (χ4v) is 1.45. The van der Waals surface area contributed by atoms with Crippen LogP contribution in [0.4, 0.5) is 5.69 Å². The summed E-state index contributed by atoms with van der Waals surface area (Å²) in [5.41, 5.74) is 7.60. The Morgan fingerprint density at radius 2 is 2.17 bits per heavy atom. The van der Waals surface area contributed by atoms with E-state index in [0.29, 0.717) is 22.9 Å². The van der Waals surface area contributed by atoms with Crippen LogP contribution in [0, 0.1) is 11.3 Å². The summed E-state index contributed by atoms with van der Waals surface area (Å²) in [5, 5.41) is 8.74. The molecule has 0 aliphatic carbocycles. The molecule has 0 amide bonds. The van der Waals surface area contributed by atoms with Crippen molar-refractivity contribution in [2.75, 3.05) is 5.73 Å². The molecule has 2 rings (SSSR count). The zero-order valence-electron chi connectivity index (χ0n) is 9.92. The number of nitrogens with two attached hydrogens (primary N) is 1. The first-order valence-corrected chi connectivity index (χ1v) is 5.51. The summed E-state index contributed by atoms with van der Waals surface area (Å²) in [6.07, 6.45) is 2.26. The molecule has 0 saturated heterocycles. The number of aromatic nitrogens is 2. The van der Waals surface area contributed by atoms with Gasteiger partial charge in [-0.25, -0.2) is 9.97 Å². The molecule has 0 aliphatic heterocycles. The Bertz CT molecular complexity index is 604. The second-order valence-corrected chi connectivity index (χ2v) is 3.67. The Balaban J connectivity index is 2.26. The lowest BCUT2D eigenvalue weighted by molar-refractivity contribution is 0.462. The molecule has 1 heterocycles. The number of nitrogens with zero attached hydrogens (tertiary/aromatic N) is 3. The van der Waals surface area contributed by atoms with Crippen LogP contribution in [0.2, 0.25) is 0 Å². The van der Waals surface area contributed by atoms with Crippen molar-refractivity contribution in [2.45, 2.75) is 13.3 Å². The zero-order chi connectivity index (χ0) is 13.0. The number of anilines is 1. The van der Waals surface area contributed by atoms with E-state index in [4.69, 9.17) is 15.7 Å². The average Bonchev–Trinajstić information content (AvgIpc) is 2.41. The highest BCUT2D eigenvalue weighted by molar-refractivity contribution is 5.57. The van der Waals surface area contributed by atoms with Gasteiger partial charge in [-0.2, -0.15) is 5.26 Å². The van der Waals surface area contributed by atoms with E-state index >= 15 is 0 Å². The van der Waals surface area contributed by atoms with Crippen LogP contribution in [0.5, 0.6) is 11.6 Å². The van der Waals surface area contributed by atoms with Gasteiger partial charge in [0.05, 0.1) is 17.3 Å². The highest BCUT2D eigenvalue weighted by atomic mass is 16.5. The second kappa shape index (κ2) is 5.15. The first kappa shape index (κ1) is 11.9. The van der Waals surface area contributed by atoms with Gasteiger partial charge in [-0.3, -0.25) is 0 Å². The molecule has 18 heavy (non-hydrogen) atoms. The Morgan fingerprint density at radius 3 is 2.83 bits per heavy atom. The highest BCUT2D eigenvalue weighted by Gasteiger charge is 2.05. The Morgan fingerprint density at radius 1 is 1.33 bits per heavy atom. The van der Waals surface area contributed by atoms with Gasteiger partial charge in [-0.1, -0.05) is 6.92 Å². The monoisotopic (exact) mass is 240 g/mol. The summed E-state index contributed by atoms with van der Waals surface area (Å²) >= 11 is 0. The Labute approximate surface area is 105 Å². The molecule has 5 nitrogen and oxygen atoms in total. The van der Waals surface area contributed by atoms with Gasteiger partial charge in [-0.15, -0.1) is 0 Å². The molecule has 1 aromatic heterocycles. The number of aryl methyl sites for hydroxylation is 1. The van der Waals surface area contributed by atoms with Crippen LogP contribution in [0.25, 0.3) is 0 Å². The van der Waals surface area contributed by atoms with E-state index < -0.39 is 0 Å². The van der Waals surface area contributed by atoms with E-state index in [0.717, 1.165) is 12.1 Å². The predicted octanol–water partition coefficient (Wildman–Crippen LogP) is 2.29. The molecule has 0 fully saturated rings. The van der Waals surface area contributed by atoms with E-state index in [1.165, 1.54) is 6.33 Å². The second-order valence-electron chi connectivity index (χ2n) is 3.67. The molecule has 0 saturated carbocycles. The number of benzene rings is 1. The quantitative estimate of drug-likeness (QED) is 0.832. The highest BCUT2D eigenvalue weighted by Crippen LogP contribution is 2.26. The number of nitriles is 1. The van der Waals surface area contributed by atoms with Crippen LogP contribution >= 0.6 is 0 Å². The molecule has 0 unspecified atom stereocenters. The Kier molecular flexibility index (Phi) is 3.39. The van der Waals surface area contributed by atoms with Gasteiger partial charge in [0, 0.05) is 11.8 Å². The topological polar surface area (TPSA) is 84.8 Å². The van der Waals surface area contributed by atoms with Crippen LogP contribution < -0.4 is 10.5 Å². The largest absolute Gasteiger partial charge is 0.437 e. The number of hydrogen-bond acceptors (Lipinski definition) is 5. The maximum atomic E-state index is 8.74. The molecule has 5 heteroatoms. The van der Waals surface area contributed by atoms with Crippen LogP contribution in [0.3, 0.4) is 0 Å². The molecule has 0 bridgehead atoms.